The Morgan fingerprint density at radius 1 is 1.32 bits per heavy atom. The Balaban J connectivity index is 1.95. The smallest absolute Gasteiger partial charge is 0.427 e. The molecule has 0 amide bonds. The van der Waals surface area contributed by atoms with Crippen LogP contribution in [0.15, 0.2) is 18.2 Å². The van der Waals surface area contributed by atoms with Crippen molar-refractivity contribution in [2.75, 3.05) is 0 Å². The maximum atomic E-state index is 11.6. The minimum Gasteiger partial charge on any atom is -0.427 e. The minimum atomic E-state index is -0.692. The van der Waals surface area contributed by atoms with Gasteiger partial charge in [0.05, 0.1) is 19.7 Å². The first-order valence-electron chi connectivity index (χ1n) is 6.25. The molecule has 0 aromatic heterocycles. The third kappa shape index (κ3) is 3.68. The molecule has 1 N–H and O–H groups in total. The van der Waals surface area contributed by atoms with Gasteiger partial charge >= 0.3 is 6.16 Å². The maximum Gasteiger partial charge on any atom is 0.528 e. The molecule has 0 fully saturated rings. The van der Waals surface area contributed by atoms with Gasteiger partial charge in [0, 0.05) is 0 Å². The molecule has 104 valence electrons. The van der Waals surface area contributed by atoms with Gasteiger partial charge < -0.3 is 14.7 Å². The van der Waals surface area contributed by atoms with Crippen LogP contribution in [-0.4, -0.2) is 21.9 Å². The number of ether oxygens (including phenoxy) is 1. The molecule has 5 nitrogen and oxygen atoms in total. The highest BCUT2D eigenvalue weighted by molar-refractivity contribution is 5.60. The molecule has 0 radical (unpaired) electrons. The third-order valence-corrected chi connectivity index (χ3v) is 2.74. The number of hydrogen-bond acceptors (Lipinski definition) is 5. The Labute approximate surface area is 112 Å². The molecule has 1 aromatic carbocycles. The molecule has 0 aliphatic carbocycles. The van der Waals surface area contributed by atoms with Gasteiger partial charge in [0.15, 0.2) is 0 Å². The van der Waals surface area contributed by atoms with E-state index >= 15 is 0 Å². The highest BCUT2D eigenvalue weighted by Crippen LogP contribution is 2.24. The molecule has 0 spiro atoms. The van der Waals surface area contributed by atoms with E-state index in [1.807, 2.05) is 18.2 Å². The molecule has 0 unspecified atom stereocenters. The van der Waals surface area contributed by atoms with Gasteiger partial charge in [-0.25, -0.2) is 4.79 Å². The predicted octanol–water partition coefficient (Wildman–Crippen LogP) is 2.36. The van der Waals surface area contributed by atoms with Gasteiger partial charge in [-0.05, 0) is 37.5 Å². The van der Waals surface area contributed by atoms with Gasteiger partial charge in [0.1, 0.15) is 5.60 Å². The number of aliphatic hydroxyl groups excluding tert-OH is 1. The standard InChI is InChI=1S/C14H19NO4/c1-14(2,3)18-13(17)19-15-7-11-5-4-10(9-16)6-12(11)8-15/h4-6,16H,7-9H2,1-3H3. The van der Waals surface area contributed by atoms with E-state index in [1.165, 1.54) is 0 Å². The first kappa shape index (κ1) is 13.8. The second-order valence-corrected chi connectivity index (χ2v) is 5.61. The molecule has 0 saturated heterocycles. The summed E-state index contributed by atoms with van der Waals surface area (Å²) >= 11 is 0. The van der Waals surface area contributed by atoms with Gasteiger partial charge in [-0.3, -0.25) is 0 Å². The van der Waals surface area contributed by atoms with Crippen LogP contribution in [0.4, 0.5) is 4.79 Å². The molecule has 1 heterocycles. The Hall–Kier alpha value is -1.59. The molecular formula is C14H19NO4. The van der Waals surface area contributed by atoms with Crippen LogP contribution in [0.1, 0.15) is 37.5 Å². The lowest BCUT2D eigenvalue weighted by atomic mass is 10.1. The maximum absolute atomic E-state index is 11.6. The van der Waals surface area contributed by atoms with Crippen LogP contribution in [0.3, 0.4) is 0 Å². The molecule has 0 atom stereocenters. The number of carbonyl (C=O) groups excluding carboxylic acids is 1. The van der Waals surface area contributed by atoms with Crippen LogP contribution >= 0.6 is 0 Å². The van der Waals surface area contributed by atoms with Crippen molar-refractivity contribution in [3.05, 3.63) is 34.9 Å². The van der Waals surface area contributed by atoms with Crippen molar-refractivity contribution >= 4 is 6.16 Å². The molecule has 1 aliphatic heterocycles. The lowest BCUT2D eigenvalue weighted by molar-refractivity contribution is -0.147. The molecule has 2 rings (SSSR count). The van der Waals surface area contributed by atoms with Crippen molar-refractivity contribution in [2.24, 2.45) is 0 Å². The molecular weight excluding hydrogens is 246 g/mol. The quantitative estimate of drug-likeness (QED) is 0.832. The fourth-order valence-corrected chi connectivity index (χ4v) is 1.95. The van der Waals surface area contributed by atoms with Crippen molar-refractivity contribution in [3.63, 3.8) is 0 Å². The summed E-state index contributed by atoms with van der Waals surface area (Å²) in [5.41, 5.74) is 2.46. The number of nitrogens with zero attached hydrogens (tertiary/aromatic N) is 1. The van der Waals surface area contributed by atoms with Crippen LogP contribution in [-0.2, 0) is 29.3 Å². The summed E-state index contributed by atoms with van der Waals surface area (Å²) in [6.45, 7) is 6.45. The van der Waals surface area contributed by atoms with E-state index < -0.39 is 11.8 Å². The van der Waals surface area contributed by atoms with Gasteiger partial charge in [-0.1, -0.05) is 18.2 Å². The van der Waals surface area contributed by atoms with Gasteiger partial charge in [0.2, 0.25) is 0 Å². The van der Waals surface area contributed by atoms with E-state index in [0.717, 1.165) is 16.7 Å². The summed E-state index contributed by atoms with van der Waals surface area (Å²) < 4.78 is 5.10. The normalized spacial score (nSPS) is 15.2. The lowest BCUT2D eigenvalue weighted by Crippen LogP contribution is -2.29. The van der Waals surface area contributed by atoms with Crippen LogP contribution in [0.2, 0.25) is 0 Å². The van der Waals surface area contributed by atoms with Crippen molar-refractivity contribution in [1.29, 1.82) is 0 Å². The molecule has 1 aliphatic rings. The first-order valence-corrected chi connectivity index (χ1v) is 6.25. The SMILES string of the molecule is CC(C)(C)OC(=O)ON1Cc2ccc(CO)cc2C1. The van der Waals surface area contributed by atoms with E-state index in [4.69, 9.17) is 14.7 Å². The second-order valence-electron chi connectivity index (χ2n) is 5.61. The predicted molar refractivity (Wildman–Crippen MR) is 68.9 cm³/mol. The Morgan fingerprint density at radius 2 is 2.00 bits per heavy atom. The monoisotopic (exact) mass is 265 g/mol. The Bertz CT molecular complexity index is 479. The number of carbonyl (C=O) groups is 1. The third-order valence-electron chi connectivity index (χ3n) is 2.74. The van der Waals surface area contributed by atoms with Crippen molar-refractivity contribution in [2.45, 2.75) is 46.1 Å². The van der Waals surface area contributed by atoms with Crippen molar-refractivity contribution in [1.82, 2.24) is 5.06 Å². The van der Waals surface area contributed by atoms with E-state index in [9.17, 15) is 4.79 Å². The number of hydrogen-bond donors (Lipinski definition) is 1. The van der Waals surface area contributed by atoms with Crippen molar-refractivity contribution < 1.29 is 19.5 Å². The highest BCUT2D eigenvalue weighted by atomic mass is 16.8. The van der Waals surface area contributed by atoms with Gasteiger partial charge in [0.25, 0.3) is 0 Å². The molecule has 5 heteroatoms. The average molecular weight is 265 g/mol. The molecule has 0 bridgehead atoms. The minimum absolute atomic E-state index is 0.0141. The number of benzene rings is 1. The molecule has 1 aromatic rings. The summed E-state index contributed by atoms with van der Waals surface area (Å²) in [6, 6.07) is 5.74. The van der Waals surface area contributed by atoms with Gasteiger partial charge in [-0.15, -0.1) is 5.06 Å². The average Bonchev–Trinajstić information content (AvgIpc) is 2.66. The summed E-state index contributed by atoms with van der Waals surface area (Å²) in [6.07, 6.45) is -0.692. The topological polar surface area (TPSA) is 59.0 Å². The molecule has 0 saturated carbocycles. The second kappa shape index (κ2) is 5.19. The van der Waals surface area contributed by atoms with Crippen LogP contribution in [0.25, 0.3) is 0 Å². The number of aliphatic hydroxyl groups is 1. The fraction of sp³-hybridized carbons (Fsp3) is 0.500. The Kier molecular flexibility index (Phi) is 3.78. The lowest BCUT2D eigenvalue weighted by Gasteiger charge is -2.21. The van der Waals surface area contributed by atoms with E-state index in [1.54, 1.807) is 25.8 Å². The largest absolute Gasteiger partial charge is 0.528 e. The van der Waals surface area contributed by atoms with E-state index in [2.05, 4.69) is 0 Å². The number of hydroxylamine groups is 2. The van der Waals surface area contributed by atoms with Crippen LogP contribution in [0, 0.1) is 0 Å². The summed E-state index contributed by atoms with van der Waals surface area (Å²) in [5, 5.41) is 10.6. The highest BCUT2D eigenvalue weighted by Gasteiger charge is 2.25. The van der Waals surface area contributed by atoms with Crippen molar-refractivity contribution in [3.8, 4) is 0 Å². The number of rotatable bonds is 2. The zero-order valence-electron chi connectivity index (χ0n) is 11.5. The Morgan fingerprint density at radius 3 is 2.63 bits per heavy atom. The summed E-state index contributed by atoms with van der Waals surface area (Å²) in [4.78, 5) is 16.7. The summed E-state index contributed by atoms with van der Waals surface area (Å²) in [7, 11) is 0. The zero-order chi connectivity index (χ0) is 14.0. The molecule has 19 heavy (non-hydrogen) atoms. The van der Waals surface area contributed by atoms with Gasteiger partial charge in [-0.2, -0.15) is 0 Å². The fourth-order valence-electron chi connectivity index (χ4n) is 1.95. The van der Waals surface area contributed by atoms with E-state index in [0.29, 0.717) is 13.1 Å². The number of fused-ring (bicyclic) bond motifs is 1. The van der Waals surface area contributed by atoms with Crippen LogP contribution in [0.5, 0.6) is 0 Å². The van der Waals surface area contributed by atoms with E-state index in [-0.39, 0.29) is 6.61 Å². The van der Waals surface area contributed by atoms with Crippen LogP contribution < -0.4 is 0 Å². The summed E-state index contributed by atoms with van der Waals surface area (Å²) in [5.74, 6) is 0. The zero-order valence-corrected chi connectivity index (χ0v) is 11.5. The first-order chi connectivity index (χ1) is 8.87.